The van der Waals surface area contributed by atoms with Crippen LogP contribution in [0.1, 0.15) is 17.5 Å². The molecule has 0 fully saturated rings. The van der Waals surface area contributed by atoms with Crippen molar-refractivity contribution >= 4 is 5.91 Å². The molecule has 1 rings (SSSR count). The topological polar surface area (TPSA) is 64.9 Å². The highest BCUT2D eigenvalue weighted by Gasteiger charge is 2.03. The van der Waals surface area contributed by atoms with Gasteiger partial charge in [0.15, 0.2) is 0 Å². The van der Waals surface area contributed by atoms with Gasteiger partial charge in [0, 0.05) is 26.6 Å². The van der Waals surface area contributed by atoms with E-state index in [1.807, 2.05) is 6.07 Å². The minimum atomic E-state index is -0.368. The number of nitrogens with one attached hydrogen (secondary N) is 2. The molecule has 1 amide bonds. The SMILES string of the molecule is CNC(=O)CCNCc1cc(F)ccc1C#N. The van der Waals surface area contributed by atoms with Crippen molar-refractivity contribution in [2.75, 3.05) is 13.6 Å². The Bertz CT molecular complexity index is 440. The molecular weight excluding hydrogens is 221 g/mol. The first-order valence-corrected chi connectivity index (χ1v) is 5.27. The summed E-state index contributed by atoms with van der Waals surface area (Å²) in [6, 6.07) is 6.03. The molecule has 0 spiro atoms. The highest BCUT2D eigenvalue weighted by molar-refractivity contribution is 5.75. The Morgan fingerprint density at radius 3 is 2.94 bits per heavy atom. The maximum atomic E-state index is 13.0. The van der Waals surface area contributed by atoms with Crippen LogP contribution in [0.25, 0.3) is 0 Å². The van der Waals surface area contributed by atoms with Crippen LogP contribution in [-0.2, 0) is 11.3 Å². The molecule has 4 nitrogen and oxygen atoms in total. The zero-order valence-electron chi connectivity index (χ0n) is 9.59. The summed E-state index contributed by atoms with van der Waals surface area (Å²) in [6.07, 6.45) is 0.355. The molecule has 0 atom stereocenters. The monoisotopic (exact) mass is 235 g/mol. The van der Waals surface area contributed by atoms with E-state index in [1.54, 1.807) is 7.05 Å². The van der Waals surface area contributed by atoms with Crippen LogP contribution in [0.4, 0.5) is 4.39 Å². The fourth-order valence-electron chi connectivity index (χ4n) is 1.37. The number of hydrogen-bond acceptors (Lipinski definition) is 3. The largest absolute Gasteiger partial charge is 0.359 e. The Labute approximate surface area is 99.4 Å². The van der Waals surface area contributed by atoms with Gasteiger partial charge in [-0.25, -0.2) is 4.39 Å². The zero-order valence-corrected chi connectivity index (χ0v) is 9.59. The molecule has 0 aliphatic heterocycles. The van der Waals surface area contributed by atoms with E-state index >= 15 is 0 Å². The van der Waals surface area contributed by atoms with Gasteiger partial charge in [0.1, 0.15) is 5.82 Å². The summed E-state index contributed by atoms with van der Waals surface area (Å²) < 4.78 is 13.0. The Kier molecular flexibility index (Phi) is 5.11. The molecule has 0 aliphatic rings. The van der Waals surface area contributed by atoms with Crippen molar-refractivity contribution in [3.05, 3.63) is 35.1 Å². The lowest BCUT2D eigenvalue weighted by molar-refractivity contribution is -0.120. The summed E-state index contributed by atoms with van der Waals surface area (Å²) in [4.78, 5) is 10.9. The number of amides is 1. The number of nitriles is 1. The maximum absolute atomic E-state index is 13.0. The van der Waals surface area contributed by atoms with Gasteiger partial charge >= 0.3 is 0 Å². The average Bonchev–Trinajstić information content (AvgIpc) is 2.34. The summed E-state index contributed by atoms with van der Waals surface area (Å²) in [5, 5.41) is 14.3. The lowest BCUT2D eigenvalue weighted by Gasteiger charge is -2.06. The maximum Gasteiger partial charge on any atom is 0.221 e. The molecule has 2 N–H and O–H groups in total. The van der Waals surface area contributed by atoms with Crippen LogP contribution >= 0.6 is 0 Å². The third kappa shape index (κ3) is 4.21. The molecule has 0 aromatic heterocycles. The van der Waals surface area contributed by atoms with Gasteiger partial charge in [-0.1, -0.05) is 0 Å². The quantitative estimate of drug-likeness (QED) is 0.746. The number of nitrogens with zero attached hydrogens (tertiary/aromatic N) is 1. The van der Waals surface area contributed by atoms with Crippen molar-refractivity contribution in [1.82, 2.24) is 10.6 Å². The lowest BCUT2D eigenvalue weighted by Crippen LogP contribution is -2.24. The van der Waals surface area contributed by atoms with E-state index in [4.69, 9.17) is 5.26 Å². The first kappa shape index (κ1) is 13.1. The van der Waals surface area contributed by atoms with Gasteiger partial charge in [-0.2, -0.15) is 5.26 Å². The summed E-state index contributed by atoms with van der Waals surface area (Å²) >= 11 is 0. The molecule has 1 aromatic rings. The third-order valence-electron chi connectivity index (χ3n) is 2.31. The van der Waals surface area contributed by atoms with E-state index in [-0.39, 0.29) is 11.7 Å². The molecule has 90 valence electrons. The highest BCUT2D eigenvalue weighted by Crippen LogP contribution is 2.09. The summed E-state index contributed by atoms with van der Waals surface area (Å²) in [5.74, 6) is -0.427. The third-order valence-corrected chi connectivity index (χ3v) is 2.31. The smallest absolute Gasteiger partial charge is 0.221 e. The summed E-state index contributed by atoms with van der Waals surface area (Å²) in [6.45, 7) is 0.860. The lowest BCUT2D eigenvalue weighted by atomic mass is 10.1. The van der Waals surface area contributed by atoms with Crippen LogP contribution in [0.5, 0.6) is 0 Å². The van der Waals surface area contributed by atoms with Gasteiger partial charge < -0.3 is 10.6 Å². The summed E-state index contributed by atoms with van der Waals surface area (Å²) in [5.41, 5.74) is 1.04. The number of benzene rings is 1. The van der Waals surface area contributed by atoms with Gasteiger partial charge in [0.05, 0.1) is 11.6 Å². The second-order valence-electron chi connectivity index (χ2n) is 3.51. The fraction of sp³-hybridized carbons (Fsp3) is 0.333. The van der Waals surface area contributed by atoms with Gasteiger partial charge in [-0.3, -0.25) is 4.79 Å². The molecule has 17 heavy (non-hydrogen) atoms. The minimum absolute atomic E-state index is 0.0581. The Morgan fingerprint density at radius 2 is 2.29 bits per heavy atom. The number of carbonyl (C=O) groups excluding carboxylic acids is 1. The van der Waals surface area contributed by atoms with Gasteiger partial charge in [-0.15, -0.1) is 0 Å². The van der Waals surface area contributed by atoms with Crippen molar-refractivity contribution in [2.24, 2.45) is 0 Å². The standard InChI is InChI=1S/C12H14FN3O/c1-15-12(17)4-5-16-8-10-6-11(13)3-2-9(10)7-14/h2-3,6,16H,4-5,8H2,1H3,(H,15,17). The Morgan fingerprint density at radius 1 is 1.53 bits per heavy atom. The van der Waals surface area contributed by atoms with E-state index < -0.39 is 0 Å². The van der Waals surface area contributed by atoms with Crippen molar-refractivity contribution in [2.45, 2.75) is 13.0 Å². The molecule has 0 aliphatic carbocycles. The van der Waals surface area contributed by atoms with Crippen molar-refractivity contribution < 1.29 is 9.18 Å². The molecular formula is C12H14FN3O. The van der Waals surface area contributed by atoms with Crippen molar-refractivity contribution in [1.29, 1.82) is 5.26 Å². The predicted octanol–water partition coefficient (Wildman–Crippen LogP) is 0.923. The van der Waals surface area contributed by atoms with Crippen molar-refractivity contribution in [3.63, 3.8) is 0 Å². The van der Waals surface area contributed by atoms with Gasteiger partial charge in [0.25, 0.3) is 0 Å². The number of carbonyl (C=O) groups is 1. The van der Waals surface area contributed by atoms with Crippen LogP contribution in [0.2, 0.25) is 0 Å². The van der Waals surface area contributed by atoms with E-state index in [2.05, 4.69) is 10.6 Å². The molecule has 0 radical (unpaired) electrons. The van der Waals surface area contributed by atoms with Crippen LogP contribution in [0.15, 0.2) is 18.2 Å². The molecule has 0 bridgehead atoms. The van der Waals surface area contributed by atoms with Crippen LogP contribution in [0, 0.1) is 17.1 Å². The minimum Gasteiger partial charge on any atom is -0.359 e. The highest BCUT2D eigenvalue weighted by atomic mass is 19.1. The zero-order chi connectivity index (χ0) is 12.7. The average molecular weight is 235 g/mol. The van der Waals surface area contributed by atoms with Crippen LogP contribution < -0.4 is 10.6 Å². The molecule has 0 heterocycles. The van der Waals surface area contributed by atoms with Gasteiger partial charge in [-0.05, 0) is 23.8 Å². The van der Waals surface area contributed by atoms with E-state index in [0.29, 0.717) is 30.6 Å². The van der Waals surface area contributed by atoms with Crippen LogP contribution in [0.3, 0.4) is 0 Å². The molecule has 0 saturated carbocycles. The summed E-state index contributed by atoms with van der Waals surface area (Å²) in [7, 11) is 1.57. The Balaban J connectivity index is 2.49. The van der Waals surface area contributed by atoms with E-state index in [1.165, 1.54) is 18.2 Å². The number of halogens is 1. The van der Waals surface area contributed by atoms with E-state index in [9.17, 15) is 9.18 Å². The van der Waals surface area contributed by atoms with Gasteiger partial charge in [0.2, 0.25) is 5.91 Å². The normalized spacial score (nSPS) is 9.71. The first-order valence-electron chi connectivity index (χ1n) is 5.27. The number of hydrogen-bond donors (Lipinski definition) is 2. The van der Waals surface area contributed by atoms with E-state index in [0.717, 1.165) is 0 Å². The van der Waals surface area contributed by atoms with Crippen LogP contribution in [-0.4, -0.2) is 19.5 Å². The molecule has 0 unspecified atom stereocenters. The number of rotatable bonds is 5. The second-order valence-corrected chi connectivity index (χ2v) is 3.51. The molecule has 1 aromatic carbocycles. The molecule has 5 heteroatoms. The Hall–Kier alpha value is -1.93. The molecule has 0 saturated heterocycles. The predicted molar refractivity (Wildman–Crippen MR) is 61.5 cm³/mol. The fourth-order valence-corrected chi connectivity index (χ4v) is 1.37. The second kappa shape index (κ2) is 6.61. The van der Waals surface area contributed by atoms with Crippen molar-refractivity contribution in [3.8, 4) is 6.07 Å². The first-order chi connectivity index (χ1) is 8.17.